The van der Waals surface area contributed by atoms with Gasteiger partial charge in [-0.1, -0.05) is 0 Å². The van der Waals surface area contributed by atoms with E-state index in [1.165, 1.54) is 0 Å². The van der Waals surface area contributed by atoms with Crippen LogP contribution in [0.2, 0.25) is 0 Å². The van der Waals surface area contributed by atoms with E-state index in [9.17, 15) is 0 Å². The topological polar surface area (TPSA) is 61.8 Å². The minimum Gasteiger partial charge on any atom is -0.304 e. The fourth-order valence-electron chi connectivity index (χ4n) is 0.0645. The van der Waals surface area contributed by atoms with Crippen molar-refractivity contribution in [3.8, 4) is 6.07 Å². The fourth-order valence-corrected chi connectivity index (χ4v) is 0.0645. The second kappa shape index (κ2) is 2.64. The van der Waals surface area contributed by atoms with Crippen molar-refractivity contribution in [1.29, 1.82) is 5.26 Å². The van der Waals surface area contributed by atoms with Crippen LogP contribution in [0.15, 0.2) is 0 Å². The van der Waals surface area contributed by atoms with Gasteiger partial charge in [0.2, 0.25) is 0 Å². The first kappa shape index (κ1) is 5.41. The lowest BCUT2D eigenvalue weighted by molar-refractivity contribution is 0.710. The highest BCUT2D eigenvalue weighted by atomic mass is 15.0. The third-order valence-corrected chi connectivity index (χ3v) is 0.450. The number of hydrogen-bond donors (Lipinski definition) is 2. The number of nitrogens with zero attached hydrogens (tertiary/aromatic N) is 1. The molecule has 0 aromatic carbocycles. The Kier molecular flexibility index (Phi) is 2.38. The van der Waals surface area contributed by atoms with Crippen molar-refractivity contribution in [3.63, 3.8) is 0 Å². The highest BCUT2D eigenvalue weighted by Gasteiger charge is 1.86. The maximum atomic E-state index is 7.90. The van der Waals surface area contributed by atoms with E-state index >= 15 is 0 Å². The predicted octanol–water partition coefficient (Wildman–Crippen LogP) is -0.986. The first-order chi connectivity index (χ1) is 2.81. The van der Waals surface area contributed by atoms with E-state index in [2.05, 4.69) is 5.32 Å². The molecule has 3 heteroatoms. The number of nitriles is 1. The maximum Gasteiger partial charge on any atom is 0.145 e. The van der Waals surface area contributed by atoms with E-state index in [1.54, 1.807) is 13.1 Å². The molecule has 1 atom stereocenters. The van der Waals surface area contributed by atoms with Crippen LogP contribution < -0.4 is 11.1 Å². The van der Waals surface area contributed by atoms with Gasteiger partial charge in [-0.2, -0.15) is 5.26 Å². The van der Waals surface area contributed by atoms with Gasteiger partial charge in [0.15, 0.2) is 0 Å². The molecule has 3 N–H and O–H groups in total. The molecule has 6 heavy (non-hydrogen) atoms. The Morgan fingerprint density at radius 1 is 2.00 bits per heavy atom. The fraction of sp³-hybridized carbons (Fsp3) is 0.667. The number of rotatable bonds is 1. The van der Waals surface area contributed by atoms with Crippen molar-refractivity contribution in [2.75, 3.05) is 7.05 Å². The summed E-state index contributed by atoms with van der Waals surface area (Å²) in [5, 5.41) is 10.4. The molecule has 0 bridgehead atoms. The van der Waals surface area contributed by atoms with Crippen molar-refractivity contribution in [2.45, 2.75) is 6.17 Å². The van der Waals surface area contributed by atoms with E-state index in [0.29, 0.717) is 0 Å². The Balaban J connectivity index is 3.04. The molecule has 0 spiro atoms. The normalized spacial score (nSPS) is 12.8. The van der Waals surface area contributed by atoms with Gasteiger partial charge in [0.25, 0.3) is 0 Å². The van der Waals surface area contributed by atoms with Crippen LogP contribution in [-0.2, 0) is 0 Å². The summed E-state index contributed by atoms with van der Waals surface area (Å²) in [4.78, 5) is 0. The molecule has 0 fully saturated rings. The molecule has 0 heterocycles. The summed E-state index contributed by atoms with van der Waals surface area (Å²) in [5.74, 6) is 0. The van der Waals surface area contributed by atoms with Crippen molar-refractivity contribution in [1.82, 2.24) is 5.32 Å². The standard InChI is InChI=1S/C3H7N3/c1-6-3(5)2-4/h3,6H,5H2,1H3. The largest absolute Gasteiger partial charge is 0.304 e. The molecule has 0 saturated heterocycles. The summed E-state index contributed by atoms with van der Waals surface area (Å²) in [7, 11) is 1.63. The average molecular weight is 85.1 g/mol. The lowest BCUT2D eigenvalue weighted by atomic mass is 10.6. The summed E-state index contributed by atoms with van der Waals surface area (Å²) < 4.78 is 0. The molecule has 0 rings (SSSR count). The van der Waals surface area contributed by atoms with Crippen molar-refractivity contribution in [2.24, 2.45) is 5.73 Å². The van der Waals surface area contributed by atoms with Crippen LogP contribution in [-0.4, -0.2) is 13.2 Å². The van der Waals surface area contributed by atoms with Gasteiger partial charge in [0.05, 0.1) is 6.07 Å². The summed E-state index contributed by atoms with van der Waals surface area (Å²) in [6, 6.07) is 1.78. The second-order valence-corrected chi connectivity index (χ2v) is 0.895. The maximum absolute atomic E-state index is 7.90. The summed E-state index contributed by atoms with van der Waals surface area (Å²) in [5.41, 5.74) is 5.00. The van der Waals surface area contributed by atoms with Gasteiger partial charge in [-0.15, -0.1) is 0 Å². The Morgan fingerprint density at radius 3 is 2.50 bits per heavy atom. The van der Waals surface area contributed by atoms with Gasteiger partial charge < -0.3 is 5.73 Å². The zero-order chi connectivity index (χ0) is 4.99. The average Bonchev–Trinajstić information content (AvgIpc) is 1.65. The molecule has 3 nitrogen and oxygen atoms in total. The number of nitrogens with two attached hydrogens (primary N) is 1. The molecule has 0 saturated carbocycles. The van der Waals surface area contributed by atoms with Crippen molar-refractivity contribution in [3.05, 3.63) is 0 Å². The monoisotopic (exact) mass is 85.1 g/mol. The van der Waals surface area contributed by atoms with Crippen LogP contribution >= 0.6 is 0 Å². The van der Waals surface area contributed by atoms with E-state index in [0.717, 1.165) is 0 Å². The Hall–Kier alpha value is -0.590. The van der Waals surface area contributed by atoms with Crippen LogP contribution in [0.5, 0.6) is 0 Å². The third kappa shape index (κ3) is 1.70. The molecule has 0 radical (unpaired) electrons. The number of nitrogens with one attached hydrogen (secondary N) is 1. The zero-order valence-electron chi connectivity index (χ0n) is 3.60. The highest BCUT2D eigenvalue weighted by molar-refractivity contribution is 4.81. The van der Waals surface area contributed by atoms with E-state index in [4.69, 9.17) is 11.0 Å². The highest BCUT2D eigenvalue weighted by Crippen LogP contribution is 1.54. The number of hydrogen-bond acceptors (Lipinski definition) is 3. The molecule has 0 aliphatic heterocycles. The summed E-state index contributed by atoms with van der Waals surface area (Å²) >= 11 is 0. The minimum atomic E-state index is -0.509. The van der Waals surface area contributed by atoms with Crippen LogP contribution in [0.25, 0.3) is 0 Å². The molecule has 0 aromatic heterocycles. The third-order valence-electron chi connectivity index (χ3n) is 0.450. The van der Waals surface area contributed by atoms with Crippen LogP contribution in [0.1, 0.15) is 0 Å². The smallest absolute Gasteiger partial charge is 0.145 e. The van der Waals surface area contributed by atoms with E-state index < -0.39 is 6.17 Å². The zero-order valence-corrected chi connectivity index (χ0v) is 3.60. The van der Waals surface area contributed by atoms with E-state index in [1.807, 2.05) is 0 Å². The molecule has 34 valence electrons. The quantitative estimate of drug-likeness (QED) is 0.402. The Bertz CT molecular complexity index is 62.9. The van der Waals surface area contributed by atoms with Crippen LogP contribution in [0.3, 0.4) is 0 Å². The molecule has 0 aromatic rings. The van der Waals surface area contributed by atoms with Crippen LogP contribution in [0.4, 0.5) is 0 Å². The molecule has 0 amide bonds. The molecular formula is C3H7N3. The van der Waals surface area contributed by atoms with Crippen LogP contribution in [0, 0.1) is 11.3 Å². The van der Waals surface area contributed by atoms with Gasteiger partial charge in [0.1, 0.15) is 6.17 Å². The first-order valence-corrected chi connectivity index (χ1v) is 1.63. The second-order valence-electron chi connectivity index (χ2n) is 0.895. The van der Waals surface area contributed by atoms with Crippen molar-refractivity contribution < 1.29 is 0 Å². The van der Waals surface area contributed by atoms with E-state index in [-0.39, 0.29) is 0 Å². The van der Waals surface area contributed by atoms with Gasteiger partial charge in [-0.05, 0) is 7.05 Å². The molecule has 1 unspecified atom stereocenters. The van der Waals surface area contributed by atoms with Gasteiger partial charge in [-0.3, -0.25) is 5.32 Å². The minimum absolute atomic E-state index is 0.509. The van der Waals surface area contributed by atoms with Gasteiger partial charge in [-0.25, -0.2) is 0 Å². The summed E-state index contributed by atoms with van der Waals surface area (Å²) in [6.45, 7) is 0. The molecule has 0 aliphatic carbocycles. The molecular weight excluding hydrogens is 78.1 g/mol. The SMILES string of the molecule is CNC(N)C#N. The predicted molar refractivity (Wildman–Crippen MR) is 22.6 cm³/mol. The van der Waals surface area contributed by atoms with Crippen molar-refractivity contribution >= 4 is 0 Å². The lowest BCUT2D eigenvalue weighted by Crippen LogP contribution is -2.32. The first-order valence-electron chi connectivity index (χ1n) is 1.63. The Morgan fingerprint density at radius 2 is 2.50 bits per heavy atom. The van der Waals surface area contributed by atoms with Gasteiger partial charge in [0, 0.05) is 0 Å². The van der Waals surface area contributed by atoms with Gasteiger partial charge >= 0.3 is 0 Å². The lowest BCUT2D eigenvalue weighted by Gasteiger charge is -1.92. The Labute approximate surface area is 36.8 Å². The molecule has 0 aliphatic rings. The summed E-state index contributed by atoms with van der Waals surface area (Å²) in [6.07, 6.45) is -0.509.